The first-order valence-electron chi connectivity index (χ1n) is 7.84. The first-order chi connectivity index (χ1) is 12.9. The van der Waals surface area contributed by atoms with Crippen LogP contribution in [0.15, 0.2) is 65.8 Å². The Morgan fingerprint density at radius 3 is 2.56 bits per heavy atom. The van der Waals surface area contributed by atoms with Crippen LogP contribution in [-0.2, 0) is 23.1 Å². The molecule has 0 aliphatic rings. The topological polar surface area (TPSA) is 107 Å². The Kier molecular flexibility index (Phi) is 5.54. The van der Waals surface area contributed by atoms with Crippen molar-refractivity contribution in [1.82, 2.24) is 14.5 Å². The number of nitro benzene ring substituents is 1. The molecule has 1 N–H and O–H groups in total. The van der Waals surface area contributed by atoms with Crippen molar-refractivity contribution in [2.75, 3.05) is 0 Å². The van der Waals surface area contributed by atoms with Crippen LogP contribution in [0.25, 0.3) is 0 Å². The number of nitrogens with zero attached hydrogens (tertiary/aromatic N) is 3. The maximum atomic E-state index is 12.5. The number of nitro groups is 1. The molecule has 0 amide bonds. The summed E-state index contributed by atoms with van der Waals surface area (Å²) in [5.74, 6) is 0. The van der Waals surface area contributed by atoms with Crippen LogP contribution in [0, 0.1) is 10.1 Å². The molecule has 0 spiro atoms. The van der Waals surface area contributed by atoms with E-state index in [1.807, 2.05) is 30.5 Å². The normalized spacial score (nSPS) is 11.4. The lowest BCUT2D eigenvalue weighted by atomic mass is 10.1. The van der Waals surface area contributed by atoms with Crippen LogP contribution >= 0.6 is 11.6 Å². The third-order valence-corrected chi connectivity index (χ3v) is 5.61. The van der Waals surface area contributed by atoms with Crippen molar-refractivity contribution >= 4 is 27.3 Å². The molecule has 27 heavy (non-hydrogen) atoms. The number of nitrogens with one attached hydrogen (secondary N) is 1. The molecule has 0 radical (unpaired) electrons. The van der Waals surface area contributed by atoms with Crippen molar-refractivity contribution in [2.24, 2.45) is 0 Å². The maximum absolute atomic E-state index is 12.5. The Hall–Kier alpha value is -2.75. The molecule has 8 nitrogen and oxygen atoms in total. The largest absolute Gasteiger partial charge is 0.289 e. The highest BCUT2D eigenvalue weighted by atomic mass is 35.5. The van der Waals surface area contributed by atoms with Gasteiger partial charge >= 0.3 is 0 Å². The van der Waals surface area contributed by atoms with Crippen LogP contribution in [0.1, 0.15) is 11.1 Å². The van der Waals surface area contributed by atoms with Crippen LogP contribution in [0.3, 0.4) is 0 Å². The number of hydrogen-bond acceptors (Lipinski definition) is 5. The van der Waals surface area contributed by atoms with E-state index in [0.29, 0.717) is 6.54 Å². The maximum Gasteiger partial charge on any atom is 0.289 e. The van der Waals surface area contributed by atoms with E-state index in [1.165, 1.54) is 12.1 Å². The van der Waals surface area contributed by atoms with Gasteiger partial charge in [-0.1, -0.05) is 35.9 Å². The molecule has 2 aromatic carbocycles. The predicted molar refractivity (Wildman–Crippen MR) is 99.9 cm³/mol. The van der Waals surface area contributed by atoms with E-state index in [9.17, 15) is 18.5 Å². The molecule has 0 saturated carbocycles. The summed E-state index contributed by atoms with van der Waals surface area (Å²) in [5.41, 5.74) is 1.23. The van der Waals surface area contributed by atoms with E-state index >= 15 is 0 Å². The molecule has 140 valence electrons. The van der Waals surface area contributed by atoms with E-state index in [2.05, 4.69) is 9.82 Å². The summed E-state index contributed by atoms with van der Waals surface area (Å²) in [6.45, 7) is 0.535. The zero-order valence-corrected chi connectivity index (χ0v) is 15.5. The zero-order chi connectivity index (χ0) is 19.4. The fourth-order valence-electron chi connectivity index (χ4n) is 2.51. The summed E-state index contributed by atoms with van der Waals surface area (Å²) in [7, 11) is -3.95. The smallest absolute Gasteiger partial charge is 0.268 e. The molecular formula is C17H15ClN4O4S. The Bertz CT molecular complexity index is 1070. The average Bonchev–Trinajstić information content (AvgIpc) is 3.14. The molecule has 0 bridgehead atoms. The molecule has 1 heterocycles. The Morgan fingerprint density at radius 2 is 1.89 bits per heavy atom. The third kappa shape index (κ3) is 4.51. The summed E-state index contributed by atoms with van der Waals surface area (Å²) in [6, 6.07) is 12.5. The first-order valence-corrected chi connectivity index (χ1v) is 9.71. The van der Waals surface area contributed by atoms with E-state index in [4.69, 9.17) is 11.6 Å². The van der Waals surface area contributed by atoms with Gasteiger partial charge in [0.1, 0.15) is 5.02 Å². The van der Waals surface area contributed by atoms with Gasteiger partial charge in [0.2, 0.25) is 10.0 Å². The number of hydrogen-bond donors (Lipinski definition) is 1. The molecule has 10 heteroatoms. The van der Waals surface area contributed by atoms with Crippen molar-refractivity contribution in [1.29, 1.82) is 0 Å². The minimum Gasteiger partial charge on any atom is -0.268 e. The Labute approximate surface area is 160 Å². The van der Waals surface area contributed by atoms with E-state index in [-0.39, 0.29) is 16.5 Å². The van der Waals surface area contributed by atoms with Gasteiger partial charge in [0, 0.05) is 25.0 Å². The van der Waals surface area contributed by atoms with Gasteiger partial charge in [0.05, 0.1) is 16.4 Å². The van der Waals surface area contributed by atoms with Crippen LogP contribution in [0.4, 0.5) is 5.69 Å². The quantitative estimate of drug-likeness (QED) is 0.479. The summed E-state index contributed by atoms with van der Waals surface area (Å²) < 4.78 is 29.3. The van der Waals surface area contributed by atoms with Crippen molar-refractivity contribution < 1.29 is 13.3 Å². The van der Waals surface area contributed by atoms with E-state index < -0.39 is 20.6 Å². The van der Waals surface area contributed by atoms with Crippen LogP contribution in [-0.4, -0.2) is 23.1 Å². The van der Waals surface area contributed by atoms with Gasteiger partial charge in [-0.25, -0.2) is 13.1 Å². The molecule has 0 aliphatic heterocycles. The van der Waals surface area contributed by atoms with Crippen molar-refractivity contribution in [3.05, 3.63) is 87.2 Å². The fourth-order valence-corrected chi connectivity index (χ4v) is 3.72. The highest BCUT2D eigenvalue weighted by molar-refractivity contribution is 7.89. The number of aromatic nitrogens is 2. The number of halogens is 1. The van der Waals surface area contributed by atoms with Gasteiger partial charge < -0.3 is 0 Å². The number of benzene rings is 2. The Balaban J connectivity index is 1.80. The van der Waals surface area contributed by atoms with Gasteiger partial charge in [-0.3, -0.25) is 14.8 Å². The minimum atomic E-state index is -3.95. The van der Waals surface area contributed by atoms with Gasteiger partial charge in [0.25, 0.3) is 5.69 Å². The molecule has 0 saturated heterocycles. The molecule has 1 aromatic heterocycles. The first kappa shape index (κ1) is 19.0. The third-order valence-electron chi connectivity index (χ3n) is 3.89. The van der Waals surface area contributed by atoms with Crippen molar-refractivity contribution in [3.63, 3.8) is 0 Å². The average molecular weight is 407 g/mol. The van der Waals surface area contributed by atoms with E-state index in [1.54, 1.807) is 16.9 Å². The number of sulfonamides is 1. The Morgan fingerprint density at radius 1 is 1.15 bits per heavy atom. The standard InChI is InChI=1S/C17H15ClN4O4S/c18-16-7-6-15(10-17(16)22(23)24)27(25,26)20-11-13-4-1-2-5-14(13)12-21-9-3-8-19-21/h1-10,20H,11-12H2. The molecule has 0 aliphatic carbocycles. The lowest BCUT2D eigenvalue weighted by Gasteiger charge is -2.11. The van der Waals surface area contributed by atoms with Crippen LogP contribution in [0.2, 0.25) is 5.02 Å². The van der Waals surface area contributed by atoms with Crippen molar-refractivity contribution in [3.8, 4) is 0 Å². The summed E-state index contributed by atoms with van der Waals surface area (Å²) in [6.07, 6.45) is 3.48. The monoisotopic (exact) mass is 406 g/mol. The van der Waals surface area contributed by atoms with Gasteiger partial charge in [-0.2, -0.15) is 5.10 Å². The molecule has 0 atom stereocenters. The lowest BCUT2D eigenvalue weighted by Crippen LogP contribution is -2.24. The van der Waals surface area contributed by atoms with E-state index in [0.717, 1.165) is 17.2 Å². The summed E-state index contributed by atoms with van der Waals surface area (Å²) in [5, 5.41) is 15.0. The SMILES string of the molecule is O=[N+]([O-])c1cc(S(=O)(=O)NCc2ccccc2Cn2cccn2)ccc1Cl. The van der Waals surface area contributed by atoms with Crippen molar-refractivity contribution in [2.45, 2.75) is 18.0 Å². The summed E-state index contributed by atoms with van der Waals surface area (Å²) in [4.78, 5) is 10.0. The second-order valence-corrected chi connectivity index (χ2v) is 7.84. The second kappa shape index (κ2) is 7.87. The highest BCUT2D eigenvalue weighted by Gasteiger charge is 2.20. The zero-order valence-electron chi connectivity index (χ0n) is 13.9. The van der Waals surface area contributed by atoms with Crippen LogP contribution in [0.5, 0.6) is 0 Å². The fraction of sp³-hybridized carbons (Fsp3) is 0.118. The molecule has 3 aromatic rings. The molecular weight excluding hydrogens is 392 g/mol. The second-order valence-electron chi connectivity index (χ2n) is 5.67. The van der Waals surface area contributed by atoms with Gasteiger partial charge in [0.15, 0.2) is 0 Å². The number of rotatable bonds is 7. The minimum absolute atomic E-state index is 0.0379. The molecule has 0 unspecified atom stereocenters. The predicted octanol–water partition coefficient (Wildman–Crippen LogP) is 2.97. The molecule has 0 fully saturated rings. The highest BCUT2D eigenvalue weighted by Crippen LogP contribution is 2.27. The summed E-state index contributed by atoms with van der Waals surface area (Å²) >= 11 is 5.74. The lowest BCUT2D eigenvalue weighted by molar-refractivity contribution is -0.384. The van der Waals surface area contributed by atoms with Gasteiger partial charge in [-0.15, -0.1) is 0 Å². The van der Waals surface area contributed by atoms with Crippen LogP contribution < -0.4 is 4.72 Å². The molecule has 3 rings (SSSR count). The van der Waals surface area contributed by atoms with Gasteiger partial charge in [-0.05, 0) is 29.3 Å².